The molecule has 10 heteroatoms. The van der Waals surface area contributed by atoms with Crippen molar-refractivity contribution in [2.45, 2.75) is 46.1 Å². The summed E-state index contributed by atoms with van der Waals surface area (Å²) >= 11 is 18.8. The molecule has 4 aromatic rings. The average Bonchev–Trinajstić information content (AvgIpc) is 3.39. The Balaban J connectivity index is 2.06. The SMILES string of the molecule is CC(C)NC(=O)c1c(-c2nnc(C(C)(C)C)o2)nn(-c2ccc(Cl)cc2Cl)c1-c1ccc(Cl)cc1. The summed E-state index contributed by atoms with van der Waals surface area (Å²) in [7, 11) is 0. The van der Waals surface area contributed by atoms with Crippen molar-refractivity contribution in [1.82, 2.24) is 25.3 Å². The molecular formula is C25H24Cl3N5O2. The summed E-state index contributed by atoms with van der Waals surface area (Å²) < 4.78 is 7.58. The van der Waals surface area contributed by atoms with E-state index in [9.17, 15) is 4.79 Å². The van der Waals surface area contributed by atoms with Crippen LogP contribution in [0.15, 0.2) is 46.9 Å². The summed E-state index contributed by atoms with van der Waals surface area (Å²) in [6.45, 7) is 9.64. The van der Waals surface area contributed by atoms with Gasteiger partial charge in [0.25, 0.3) is 11.8 Å². The zero-order valence-corrected chi connectivity index (χ0v) is 22.1. The summed E-state index contributed by atoms with van der Waals surface area (Å²) in [5.41, 5.74) is 1.85. The van der Waals surface area contributed by atoms with Crippen LogP contribution in [0.5, 0.6) is 0 Å². The van der Waals surface area contributed by atoms with E-state index in [0.717, 1.165) is 0 Å². The Morgan fingerprint density at radius 2 is 1.66 bits per heavy atom. The molecule has 2 aromatic heterocycles. The minimum atomic E-state index is -0.382. The second-order valence-corrected chi connectivity index (χ2v) is 10.7. The number of hydrogen-bond acceptors (Lipinski definition) is 5. The molecule has 1 N–H and O–H groups in total. The third-order valence-corrected chi connectivity index (χ3v) is 5.85. The van der Waals surface area contributed by atoms with Gasteiger partial charge in [-0.05, 0) is 44.2 Å². The molecule has 0 aliphatic heterocycles. The zero-order chi connectivity index (χ0) is 25.5. The molecule has 2 heterocycles. The molecule has 0 spiro atoms. The fourth-order valence-electron chi connectivity index (χ4n) is 3.44. The van der Waals surface area contributed by atoms with Crippen molar-refractivity contribution in [2.75, 3.05) is 0 Å². The molecule has 0 saturated heterocycles. The largest absolute Gasteiger partial charge is 0.419 e. The molecule has 7 nitrogen and oxygen atoms in total. The predicted octanol–water partition coefficient (Wildman–Crippen LogP) is 6.99. The fraction of sp³-hybridized carbons (Fsp3) is 0.280. The Labute approximate surface area is 218 Å². The van der Waals surface area contributed by atoms with Crippen LogP contribution in [0.2, 0.25) is 15.1 Å². The van der Waals surface area contributed by atoms with Crippen molar-refractivity contribution in [3.8, 4) is 28.5 Å². The summed E-state index contributed by atoms with van der Waals surface area (Å²) in [5, 5.41) is 17.5. The number of nitrogens with zero attached hydrogens (tertiary/aromatic N) is 4. The van der Waals surface area contributed by atoms with E-state index in [1.807, 2.05) is 46.8 Å². The van der Waals surface area contributed by atoms with Gasteiger partial charge < -0.3 is 9.73 Å². The van der Waals surface area contributed by atoms with E-state index >= 15 is 0 Å². The molecule has 0 aliphatic rings. The van der Waals surface area contributed by atoms with Gasteiger partial charge in [-0.15, -0.1) is 10.2 Å². The van der Waals surface area contributed by atoms with Crippen LogP contribution in [0.1, 0.15) is 50.9 Å². The molecular weight excluding hydrogens is 509 g/mol. The van der Waals surface area contributed by atoms with Gasteiger partial charge in [0.05, 0.1) is 22.0 Å². The quantitative estimate of drug-likeness (QED) is 0.299. The number of rotatable bonds is 5. The lowest BCUT2D eigenvalue weighted by atomic mass is 9.97. The van der Waals surface area contributed by atoms with Crippen molar-refractivity contribution in [3.05, 3.63) is 69.0 Å². The summed E-state index contributed by atoms with van der Waals surface area (Å²) in [5.74, 6) is 0.213. The monoisotopic (exact) mass is 531 g/mol. The van der Waals surface area contributed by atoms with Crippen molar-refractivity contribution in [2.24, 2.45) is 0 Å². The zero-order valence-electron chi connectivity index (χ0n) is 19.9. The number of benzene rings is 2. The number of hydrogen-bond donors (Lipinski definition) is 1. The number of aromatic nitrogens is 4. The van der Waals surface area contributed by atoms with Crippen LogP contribution in [-0.4, -0.2) is 31.9 Å². The van der Waals surface area contributed by atoms with E-state index in [4.69, 9.17) is 44.3 Å². The van der Waals surface area contributed by atoms with E-state index in [2.05, 4.69) is 15.5 Å². The van der Waals surface area contributed by atoms with Gasteiger partial charge in [-0.2, -0.15) is 5.10 Å². The van der Waals surface area contributed by atoms with Gasteiger partial charge in [0, 0.05) is 27.1 Å². The highest BCUT2D eigenvalue weighted by atomic mass is 35.5. The van der Waals surface area contributed by atoms with Gasteiger partial charge in [0.15, 0.2) is 5.69 Å². The van der Waals surface area contributed by atoms with Gasteiger partial charge in [0.2, 0.25) is 5.89 Å². The maximum atomic E-state index is 13.6. The average molecular weight is 533 g/mol. The summed E-state index contributed by atoms with van der Waals surface area (Å²) in [6, 6.07) is 12.0. The first kappa shape index (κ1) is 25.2. The van der Waals surface area contributed by atoms with Crippen LogP contribution in [0, 0.1) is 0 Å². The molecule has 35 heavy (non-hydrogen) atoms. The first-order chi connectivity index (χ1) is 16.5. The Kier molecular flexibility index (Phi) is 6.95. The lowest BCUT2D eigenvalue weighted by molar-refractivity contribution is 0.0944. The molecule has 0 radical (unpaired) electrons. The topological polar surface area (TPSA) is 85.8 Å². The van der Waals surface area contributed by atoms with E-state index in [-0.39, 0.29) is 34.5 Å². The highest BCUT2D eigenvalue weighted by Crippen LogP contribution is 2.37. The Hall–Kier alpha value is -2.87. The van der Waals surface area contributed by atoms with Crippen LogP contribution in [0.3, 0.4) is 0 Å². The molecule has 4 rings (SSSR count). The van der Waals surface area contributed by atoms with Crippen molar-refractivity contribution >= 4 is 40.7 Å². The minimum Gasteiger partial charge on any atom is -0.419 e. The van der Waals surface area contributed by atoms with Crippen LogP contribution in [-0.2, 0) is 5.41 Å². The Bertz CT molecular complexity index is 1390. The molecule has 0 unspecified atom stereocenters. The molecule has 0 saturated carbocycles. The highest BCUT2D eigenvalue weighted by molar-refractivity contribution is 6.35. The number of halogens is 3. The van der Waals surface area contributed by atoms with Gasteiger partial charge in [-0.1, -0.05) is 67.7 Å². The highest BCUT2D eigenvalue weighted by Gasteiger charge is 2.32. The molecule has 0 atom stereocenters. The van der Waals surface area contributed by atoms with Crippen molar-refractivity contribution in [1.29, 1.82) is 0 Å². The second-order valence-electron chi connectivity index (χ2n) is 9.38. The second kappa shape index (κ2) is 9.64. The minimum absolute atomic E-state index is 0.122. The lowest BCUT2D eigenvalue weighted by Crippen LogP contribution is -2.30. The van der Waals surface area contributed by atoms with Gasteiger partial charge >= 0.3 is 0 Å². The number of carbonyl (C=O) groups is 1. The Morgan fingerprint density at radius 3 is 2.23 bits per heavy atom. The van der Waals surface area contributed by atoms with Crippen LogP contribution < -0.4 is 5.32 Å². The number of carbonyl (C=O) groups excluding carboxylic acids is 1. The van der Waals surface area contributed by atoms with E-state index in [0.29, 0.717) is 37.9 Å². The molecule has 2 aromatic carbocycles. The number of amides is 1. The molecule has 0 fully saturated rings. The molecule has 1 amide bonds. The third-order valence-electron chi connectivity index (χ3n) is 5.06. The summed E-state index contributed by atoms with van der Waals surface area (Å²) in [4.78, 5) is 13.6. The van der Waals surface area contributed by atoms with Gasteiger partial charge in [-0.3, -0.25) is 4.79 Å². The maximum absolute atomic E-state index is 13.6. The van der Waals surface area contributed by atoms with Crippen molar-refractivity contribution < 1.29 is 9.21 Å². The standard InChI is InChI=1S/C25H24Cl3N5O2/c1-13(2)29-22(34)19-20(23-30-31-24(35-23)25(3,4)5)32-33(18-11-10-16(27)12-17(18)28)21(19)14-6-8-15(26)9-7-14/h6-13H,1-5H3,(H,29,34). The first-order valence-corrected chi connectivity index (χ1v) is 12.1. The van der Waals surface area contributed by atoms with Crippen LogP contribution in [0.4, 0.5) is 0 Å². The van der Waals surface area contributed by atoms with Crippen LogP contribution in [0.25, 0.3) is 28.5 Å². The van der Waals surface area contributed by atoms with E-state index in [1.165, 1.54) is 0 Å². The lowest BCUT2D eigenvalue weighted by Gasteiger charge is -2.13. The smallest absolute Gasteiger partial charge is 0.269 e. The Morgan fingerprint density at radius 1 is 1.00 bits per heavy atom. The normalized spacial score (nSPS) is 11.8. The molecule has 0 aliphatic carbocycles. The number of nitrogens with one attached hydrogen (secondary N) is 1. The van der Waals surface area contributed by atoms with Gasteiger partial charge in [-0.25, -0.2) is 4.68 Å². The first-order valence-electron chi connectivity index (χ1n) is 11.0. The predicted molar refractivity (Wildman–Crippen MR) is 139 cm³/mol. The maximum Gasteiger partial charge on any atom is 0.269 e. The summed E-state index contributed by atoms with van der Waals surface area (Å²) in [6.07, 6.45) is 0. The third kappa shape index (κ3) is 5.22. The van der Waals surface area contributed by atoms with E-state index < -0.39 is 0 Å². The molecule has 182 valence electrons. The van der Waals surface area contributed by atoms with Gasteiger partial charge in [0.1, 0.15) is 0 Å². The molecule has 0 bridgehead atoms. The van der Waals surface area contributed by atoms with Crippen LogP contribution >= 0.6 is 34.8 Å². The van der Waals surface area contributed by atoms with Crippen molar-refractivity contribution in [3.63, 3.8) is 0 Å². The fourth-order valence-corrected chi connectivity index (χ4v) is 4.06. The van der Waals surface area contributed by atoms with E-state index in [1.54, 1.807) is 35.0 Å².